The van der Waals surface area contributed by atoms with Gasteiger partial charge in [-0.15, -0.1) is 0 Å². The number of nitrogens with zero attached hydrogens (tertiary/aromatic N) is 4. The number of anilines is 3. The summed E-state index contributed by atoms with van der Waals surface area (Å²) >= 11 is 0. The third kappa shape index (κ3) is 4.93. The molecule has 0 aliphatic carbocycles. The van der Waals surface area contributed by atoms with Crippen LogP contribution < -0.4 is 15.1 Å². The molecule has 3 aromatic rings. The summed E-state index contributed by atoms with van der Waals surface area (Å²) in [6.07, 6.45) is 2.31. The van der Waals surface area contributed by atoms with E-state index in [0.29, 0.717) is 29.2 Å². The quantitative estimate of drug-likeness (QED) is 0.621. The highest BCUT2D eigenvalue weighted by molar-refractivity contribution is 6.08. The number of aromatic nitrogens is 2. The third-order valence-electron chi connectivity index (χ3n) is 4.47. The predicted molar refractivity (Wildman–Crippen MR) is 113 cm³/mol. The Hall–Kier alpha value is -3.88. The maximum absolute atomic E-state index is 13.5. The van der Waals surface area contributed by atoms with Crippen LogP contribution in [0.2, 0.25) is 0 Å². The van der Waals surface area contributed by atoms with Crippen molar-refractivity contribution < 1.29 is 19.1 Å². The standard InChI is InChI=1S/C21H22FN5O3/c1-25(2)19-14-15(22)4-9-18(19)20(28)24-16-5-7-17(8-6-16)27(21(29)30)13-12-26-11-3-10-23-26/h3-11,14H,12-13H2,1-2H3,(H,24,28)(H,29,30). The molecule has 1 aromatic heterocycles. The fourth-order valence-electron chi connectivity index (χ4n) is 2.96. The molecule has 30 heavy (non-hydrogen) atoms. The van der Waals surface area contributed by atoms with Crippen molar-refractivity contribution in [1.82, 2.24) is 9.78 Å². The van der Waals surface area contributed by atoms with Crippen molar-refractivity contribution in [2.24, 2.45) is 0 Å². The van der Waals surface area contributed by atoms with Gasteiger partial charge in [0, 0.05) is 44.4 Å². The van der Waals surface area contributed by atoms with Crippen molar-refractivity contribution in [2.45, 2.75) is 6.54 Å². The second-order valence-electron chi connectivity index (χ2n) is 6.76. The molecule has 0 atom stereocenters. The van der Waals surface area contributed by atoms with Crippen LogP contribution in [0.5, 0.6) is 0 Å². The monoisotopic (exact) mass is 411 g/mol. The summed E-state index contributed by atoms with van der Waals surface area (Å²) in [5.74, 6) is -0.816. The van der Waals surface area contributed by atoms with E-state index in [1.807, 2.05) is 0 Å². The summed E-state index contributed by atoms with van der Waals surface area (Å²) in [4.78, 5) is 27.1. The van der Waals surface area contributed by atoms with Crippen LogP contribution in [0.4, 0.5) is 26.2 Å². The minimum atomic E-state index is -1.08. The molecule has 0 saturated carbocycles. The van der Waals surface area contributed by atoms with Gasteiger partial charge in [-0.1, -0.05) is 0 Å². The van der Waals surface area contributed by atoms with E-state index in [1.165, 1.54) is 23.1 Å². The molecule has 0 spiro atoms. The highest BCUT2D eigenvalue weighted by Gasteiger charge is 2.16. The molecule has 2 N–H and O–H groups in total. The Balaban J connectivity index is 1.72. The van der Waals surface area contributed by atoms with Crippen molar-refractivity contribution in [3.63, 3.8) is 0 Å². The van der Waals surface area contributed by atoms with E-state index in [2.05, 4.69) is 10.4 Å². The lowest BCUT2D eigenvalue weighted by atomic mass is 10.1. The summed E-state index contributed by atoms with van der Waals surface area (Å²) in [6, 6.07) is 12.2. The van der Waals surface area contributed by atoms with Crippen LogP contribution in [0, 0.1) is 5.82 Å². The van der Waals surface area contributed by atoms with Crippen molar-refractivity contribution in [3.05, 3.63) is 72.3 Å². The molecule has 2 aromatic carbocycles. The number of hydrogen-bond acceptors (Lipinski definition) is 4. The van der Waals surface area contributed by atoms with Gasteiger partial charge in [0.15, 0.2) is 0 Å². The molecule has 0 fully saturated rings. The number of carbonyl (C=O) groups excluding carboxylic acids is 1. The lowest BCUT2D eigenvalue weighted by molar-refractivity contribution is 0.102. The molecule has 3 rings (SSSR count). The van der Waals surface area contributed by atoms with Gasteiger partial charge in [0.25, 0.3) is 5.91 Å². The predicted octanol–water partition coefficient (Wildman–Crippen LogP) is 3.53. The van der Waals surface area contributed by atoms with Crippen LogP contribution >= 0.6 is 0 Å². The average molecular weight is 411 g/mol. The first-order valence-corrected chi connectivity index (χ1v) is 9.21. The summed E-state index contributed by atoms with van der Waals surface area (Å²) in [5, 5.41) is 16.3. The lowest BCUT2D eigenvalue weighted by Crippen LogP contribution is -2.32. The topological polar surface area (TPSA) is 90.7 Å². The van der Waals surface area contributed by atoms with Crippen LogP contribution in [0.1, 0.15) is 10.4 Å². The molecule has 9 heteroatoms. The molecule has 8 nitrogen and oxygen atoms in total. The largest absolute Gasteiger partial charge is 0.465 e. The van der Waals surface area contributed by atoms with E-state index in [0.717, 1.165) is 0 Å². The van der Waals surface area contributed by atoms with Gasteiger partial charge >= 0.3 is 6.09 Å². The van der Waals surface area contributed by atoms with E-state index < -0.39 is 11.9 Å². The summed E-state index contributed by atoms with van der Waals surface area (Å²) < 4.78 is 15.2. The molecular formula is C21H22FN5O3. The zero-order valence-electron chi connectivity index (χ0n) is 16.6. The minimum Gasteiger partial charge on any atom is -0.465 e. The fraction of sp³-hybridized carbons (Fsp3) is 0.190. The second-order valence-corrected chi connectivity index (χ2v) is 6.76. The van der Waals surface area contributed by atoms with Crippen LogP contribution in [-0.2, 0) is 6.54 Å². The van der Waals surface area contributed by atoms with E-state index in [9.17, 15) is 19.1 Å². The Morgan fingerprint density at radius 1 is 1.17 bits per heavy atom. The third-order valence-corrected chi connectivity index (χ3v) is 4.47. The molecule has 0 radical (unpaired) electrons. The molecule has 0 aliphatic rings. The van der Waals surface area contributed by atoms with E-state index in [4.69, 9.17) is 0 Å². The van der Waals surface area contributed by atoms with Crippen LogP contribution in [-0.4, -0.2) is 47.5 Å². The maximum atomic E-state index is 13.5. The number of benzene rings is 2. The zero-order valence-corrected chi connectivity index (χ0v) is 16.6. The number of carbonyl (C=O) groups is 2. The van der Waals surface area contributed by atoms with Gasteiger partial charge in [-0.05, 0) is 48.5 Å². The number of nitrogens with one attached hydrogen (secondary N) is 1. The Kier molecular flexibility index (Phi) is 6.31. The molecule has 0 bridgehead atoms. The highest BCUT2D eigenvalue weighted by Crippen LogP contribution is 2.23. The zero-order chi connectivity index (χ0) is 21.7. The summed E-state index contributed by atoms with van der Waals surface area (Å²) in [5.41, 5.74) is 1.76. The Labute approximate surface area is 173 Å². The molecule has 156 valence electrons. The highest BCUT2D eigenvalue weighted by atomic mass is 19.1. The summed E-state index contributed by atoms with van der Waals surface area (Å²) in [7, 11) is 3.45. The first kappa shape index (κ1) is 20.8. The van der Waals surface area contributed by atoms with Crippen molar-refractivity contribution in [2.75, 3.05) is 35.8 Å². The second kappa shape index (κ2) is 9.08. The number of rotatable bonds is 7. The minimum absolute atomic E-state index is 0.227. The fourth-order valence-corrected chi connectivity index (χ4v) is 2.96. The van der Waals surface area contributed by atoms with Crippen molar-refractivity contribution in [1.29, 1.82) is 0 Å². The van der Waals surface area contributed by atoms with Crippen LogP contribution in [0.3, 0.4) is 0 Å². The van der Waals surface area contributed by atoms with Gasteiger partial charge in [0.05, 0.1) is 17.8 Å². The Morgan fingerprint density at radius 2 is 1.90 bits per heavy atom. The van der Waals surface area contributed by atoms with E-state index >= 15 is 0 Å². The van der Waals surface area contributed by atoms with Crippen LogP contribution in [0.15, 0.2) is 60.9 Å². The normalized spacial score (nSPS) is 10.5. The van der Waals surface area contributed by atoms with Crippen molar-refractivity contribution in [3.8, 4) is 0 Å². The van der Waals surface area contributed by atoms with Gasteiger partial charge in [0.1, 0.15) is 5.82 Å². The Bertz CT molecular complexity index is 1020. The van der Waals surface area contributed by atoms with Gasteiger partial charge in [-0.2, -0.15) is 5.10 Å². The number of amides is 2. The van der Waals surface area contributed by atoms with Gasteiger partial charge < -0.3 is 15.3 Å². The van der Waals surface area contributed by atoms with Gasteiger partial charge in [-0.25, -0.2) is 9.18 Å². The maximum Gasteiger partial charge on any atom is 0.411 e. The number of hydrogen-bond donors (Lipinski definition) is 2. The number of carboxylic acid groups (broad SMARTS) is 1. The molecule has 0 saturated heterocycles. The Morgan fingerprint density at radius 3 is 2.50 bits per heavy atom. The molecule has 0 aliphatic heterocycles. The first-order valence-electron chi connectivity index (χ1n) is 9.21. The van der Waals surface area contributed by atoms with Gasteiger partial charge in [0.2, 0.25) is 0 Å². The SMILES string of the molecule is CN(C)c1cc(F)ccc1C(=O)Nc1ccc(N(CCn2cccn2)C(=O)O)cc1. The average Bonchev–Trinajstić information content (AvgIpc) is 3.22. The first-order chi connectivity index (χ1) is 14.3. The van der Waals surface area contributed by atoms with Gasteiger partial charge in [-0.3, -0.25) is 14.4 Å². The lowest BCUT2D eigenvalue weighted by Gasteiger charge is -2.20. The molecule has 0 unspecified atom stereocenters. The molecular weight excluding hydrogens is 389 g/mol. The summed E-state index contributed by atoms with van der Waals surface area (Å²) in [6.45, 7) is 0.639. The smallest absolute Gasteiger partial charge is 0.411 e. The molecule has 1 heterocycles. The van der Waals surface area contributed by atoms with E-state index in [-0.39, 0.29) is 12.5 Å². The van der Waals surface area contributed by atoms with Crippen molar-refractivity contribution >= 4 is 29.1 Å². The number of halogens is 1. The molecule has 2 amide bonds. The van der Waals surface area contributed by atoms with E-state index in [1.54, 1.807) is 66.4 Å². The van der Waals surface area contributed by atoms with Crippen LogP contribution in [0.25, 0.3) is 0 Å².